The highest BCUT2D eigenvalue weighted by atomic mass is 79.9. The van der Waals surface area contributed by atoms with E-state index in [-0.39, 0.29) is 0 Å². The number of hydrogen-bond donors (Lipinski definition) is 1. The van der Waals surface area contributed by atoms with E-state index in [1.54, 1.807) is 7.11 Å². The maximum Gasteiger partial charge on any atom is 0.133 e. The van der Waals surface area contributed by atoms with Crippen molar-refractivity contribution >= 4 is 15.9 Å². The Bertz CT molecular complexity index is 411. The van der Waals surface area contributed by atoms with E-state index < -0.39 is 0 Å². The molecule has 1 aromatic rings. The van der Waals surface area contributed by atoms with Crippen LogP contribution in [-0.4, -0.2) is 13.7 Å². The molecule has 0 unspecified atom stereocenters. The monoisotopic (exact) mass is 325 g/mol. The number of hydrogen-bond acceptors (Lipinski definition) is 2. The number of benzene rings is 1. The van der Waals surface area contributed by atoms with Crippen molar-refractivity contribution in [1.29, 1.82) is 0 Å². The third-order valence-electron chi connectivity index (χ3n) is 4.39. The van der Waals surface area contributed by atoms with Crippen LogP contribution in [0.2, 0.25) is 0 Å². The highest BCUT2D eigenvalue weighted by Gasteiger charge is 2.29. The first-order valence-electron chi connectivity index (χ1n) is 7.22. The quantitative estimate of drug-likeness (QED) is 0.837. The molecule has 1 fully saturated rings. The van der Waals surface area contributed by atoms with Gasteiger partial charge in [-0.15, -0.1) is 0 Å². The van der Waals surface area contributed by atoms with E-state index in [4.69, 9.17) is 10.5 Å². The second-order valence-corrected chi connectivity index (χ2v) is 6.62. The Labute approximate surface area is 124 Å². The Morgan fingerprint density at radius 3 is 2.42 bits per heavy atom. The van der Waals surface area contributed by atoms with E-state index in [1.165, 1.54) is 44.1 Å². The van der Waals surface area contributed by atoms with Crippen LogP contribution >= 0.6 is 15.9 Å². The average molecular weight is 326 g/mol. The fourth-order valence-electron chi connectivity index (χ4n) is 3.18. The van der Waals surface area contributed by atoms with Crippen molar-refractivity contribution in [3.05, 3.63) is 28.2 Å². The van der Waals surface area contributed by atoms with E-state index >= 15 is 0 Å². The second-order valence-electron chi connectivity index (χ2n) is 5.76. The molecule has 0 heterocycles. The summed E-state index contributed by atoms with van der Waals surface area (Å²) in [5.41, 5.74) is 7.78. The molecule has 2 nitrogen and oxygen atoms in total. The minimum atomic E-state index is 0.310. The number of halogens is 1. The van der Waals surface area contributed by atoms with Gasteiger partial charge in [0, 0.05) is 0 Å². The van der Waals surface area contributed by atoms with E-state index in [0.29, 0.717) is 5.41 Å². The minimum Gasteiger partial charge on any atom is -0.496 e. The molecule has 2 N–H and O–H groups in total. The largest absolute Gasteiger partial charge is 0.496 e. The van der Waals surface area contributed by atoms with Crippen LogP contribution in [0.3, 0.4) is 0 Å². The molecule has 0 atom stereocenters. The highest BCUT2D eigenvalue weighted by Crippen LogP contribution is 2.38. The predicted octanol–water partition coefficient (Wildman–Crippen LogP) is 4.30. The van der Waals surface area contributed by atoms with Crippen LogP contribution in [0.5, 0.6) is 5.75 Å². The Balaban J connectivity index is 2.15. The zero-order chi connectivity index (χ0) is 13.7. The van der Waals surface area contributed by atoms with Crippen LogP contribution in [-0.2, 0) is 6.42 Å². The lowest BCUT2D eigenvalue weighted by Crippen LogP contribution is -2.32. The first-order valence-corrected chi connectivity index (χ1v) is 8.01. The Hall–Kier alpha value is -0.540. The number of rotatable bonds is 4. The summed E-state index contributed by atoms with van der Waals surface area (Å²) < 4.78 is 6.33. The minimum absolute atomic E-state index is 0.310. The Kier molecular flexibility index (Phi) is 5.28. The van der Waals surface area contributed by atoms with Crippen molar-refractivity contribution in [3.63, 3.8) is 0 Å². The molecule has 0 aliphatic heterocycles. The topological polar surface area (TPSA) is 35.2 Å². The fourth-order valence-corrected chi connectivity index (χ4v) is 3.77. The molecule has 19 heavy (non-hydrogen) atoms. The summed E-state index contributed by atoms with van der Waals surface area (Å²) in [4.78, 5) is 0. The average Bonchev–Trinajstić information content (AvgIpc) is 2.65. The first kappa shape index (κ1) is 14.9. The third kappa shape index (κ3) is 3.73. The smallest absolute Gasteiger partial charge is 0.133 e. The Morgan fingerprint density at radius 2 is 1.89 bits per heavy atom. The van der Waals surface area contributed by atoms with Gasteiger partial charge >= 0.3 is 0 Å². The van der Waals surface area contributed by atoms with Gasteiger partial charge in [0.1, 0.15) is 5.75 Å². The summed E-state index contributed by atoms with van der Waals surface area (Å²) >= 11 is 3.57. The molecule has 1 aliphatic rings. The van der Waals surface area contributed by atoms with Crippen LogP contribution in [0, 0.1) is 5.41 Å². The number of nitrogens with two attached hydrogens (primary N) is 1. The molecule has 0 bridgehead atoms. The van der Waals surface area contributed by atoms with Crippen LogP contribution in [0.25, 0.3) is 0 Å². The third-order valence-corrected chi connectivity index (χ3v) is 5.01. The zero-order valence-electron chi connectivity index (χ0n) is 11.8. The summed E-state index contributed by atoms with van der Waals surface area (Å²) in [5, 5.41) is 0. The summed E-state index contributed by atoms with van der Waals surface area (Å²) in [7, 11) is 1.70. The van der Waals surface area contributed by atoms with Gasteiger partial charge in [-0.25, -0.2) is 0 Å². The van der Waals surface area contributed by atoms with Gasteiger partial charge in [-0.05, 0) is 64.8 Å². The zero-order valence-corrected chi connectivity index (χ0v) is 13.3. The van der Waals surface area contributed by atoms with Gasteiger partial charge in [-0.1, -0.05) is 31.7 Å². The van der Waals surface area contributed by atoms with E-state index in [0.717, 1.165) is 23.2 Å². The summed E-state index contributed by atoms with van der Waals surface area (Å²) in [6.45, 7) is 0.802. The fraction of sp³-hybridized carbons (Fsp3) is 0.625. The van der Waals surface area contributed by atoms with Gasteiger partial charge in [0.25, 0.3) is 0 Å². The van der Waals surface area contributed by atoms with Crippen molar-refractivity contribution in [2.45, 2.75) is 44.9 Å². The standard InChI is InChI=1S/C16H24BrNO/c1-19-15-7-6-13(10-14(15)17)11-16(12-18)8-4-2-3-5-9-16/h6-7,10H,2-5,8-9,11-12,18H2,1H3. The molecular formula is C16H24BrNO. The molecule has 0 amide bonds. The molecular weight excluding hydrogens is 302 g/mol. The predicted molar refractivity (Wildman–Crippen MR) is 83.6 cm³/mol. The van der Waals surface area contributed by atoms with Crippen molar-refractivity contribution in [3.8, 4) is 5.75 Å². The molecule has 0 spiro atoms. The molecule has 0 radical (unpaired) electrons. The van der Waals surface area contributed by atoms with E-state index in [1.807, 2.05) is 6.07 Å². The first-order chi connectivity index (χ1) is 9.19. The van der Waals surface area contributed by atoms with Gasteiger partial charge in [0.15, 0.2) is 0 Å². The lowest BCUT2D eigenvalue weighted by Gasteiger charge is -2.31. The lowest BCUT2D eigenvalue weighted by atomic mass is 9.75. The Morgan fingerprint density at radius 1 is 1.21 bits per heavy atom. The van der Waals surface area contributed by atoms with E-state index in [2.05, 4.69) is 28.1 Å². The van der Waals surface area contributed by atoms with Crippen molar-refractivity contribution < 1.29 is 4.74 Å². The van der Waals surface area contributed by atoms with Gasteiger partial charge < -0.3 is 10.5 Å². The van der Waals surface area contributed by atoms with Gasteiger partial charge in [0.05, 0.1) is 11.6 Å². The number of methoxy groups -OCH3 is 1. The van der Waals surface area contributed by atoms with E-state index in [9.17, 15) is 0 Å². The molecule has 106 valence electrons. The number of ether oxygens (including phenoxy) is 1. The van der Waals surface area contributed by atoms with Crippen LogP contribution < -0.4 is 10.5 Å². The van der Waals surface area contributed by atoms with Crippen LogP contribution in [0.4, 0.5) is 0 Å². The normalized spacial score (nSPS) is 18.9. The molecule has 1 aliphatic carbocycles. The maximum atomic E-state index is 6.11. The van der Waals surface area contributed by atoms with Gasteiger partial charge in [-0.3, -0.25) is 0 Å². The van der Waals surface area contributed by atoms with Crippen molar-refractivity contribution in [2.24, 2.45) is 11.1 Å². The van der Waals surface area contributed by atoms with Crippen LogP contribution in [0.15, 0.2) is 22.7 Å². The SMILES string of the molecule is COc1ccc(CC2(CN)CCCCCC2)cc1Br. The summed E-state index contributed by atoms with van der Waals surface area (Å²) in [5.74, 6) is 0.895. The van der Waals surface area contributed by atoms with Gasteiger partial charge in [0.2, 0.25) is 0 Å². The molecule has 0 aromatic heterocycles. The maximum absolute atomic E-state index is 6.11. The second kappa shape index (κ2) is 6.76. The van der Waals surface area contributed by atoms with Crippen molar-refractivity contribution in [1.82, 2.24) is 0 Å². The lowest BCUT2D eigenvalue weighted by molar-refractivity contribution is 0.252. The van der Waals surface area contributed by atoms with Crippen molar-refractivity contribution in [2.75, 3.05) is 13.7 Å². The van der Waals surface area contributed by atoms with Gasteiger partial charge in [-0.2, -0.15) is 0 Å². The summed E-state index contributed by atoms with van der Waals surface area (Å²) in [6, 6.07) is 6.40. The highest BCUT2D eigenvalue weighted by molar-refractivity contribution is 9.10. The molecule has 3 heteroatoms. The molecule has 1 saturated carbocycles. The summed E-state index contributed by atoms with van der Waals surface area (Å²) in [6.07, 6.45) is 9.03. The molecule has 0 saturated heterocycles. The molecule has 1 aromatic carbocycles. The van der Waals surface area contributed by atoms with Crippen LogP contribution in [0.1, 0.15) is 44.1 Å². The molecule has 2 rings (SSSR count).